The minimum Gasteiger partial charge on any atom is -0.400 e. The van der Waals surface area contributed by atoms with Gasteiger partial charge in [-0.15, -0.1) is 0 Å². The molecular weight excluding hydrogens is 539 g/mol. The number of aromatic nitrogens is 1. The Labute approximate surface area is 261 Å². The summed E-state index contributed by atoms with van der Waals surface area (Å²) in [6.07, 6.45) is 3.15. The number of nitrogens with zero attached hydrogens (tertiary/aromatic N) is 2. The molecule has 0 unspecified atom stereocenters. The zero-order valence-corrected chi connectivity index (χ0v) is 26.5. The van der Waals surface area contributed by atoms with Crippen LogP contribution in [-0.4, -0.2) is 22.9 Å². The van der Waals surface area contributed by atoms with Crippen LogP contribution in [0.15, 0.2) is 126 Å². The summed E-state index contributed by atoms with van der Waals surface area (Å²) in [6, 6.07) is 39.0. The standard InChI is InChI=1S/C39H39BN2O2/c1-7-28(40-43-38(3,4)39(5,6)44-40)26-33-27(2)41(29-18-10-8-11-19-29)35-25-17-15-23-32(35)37-36(33)31-22-14-16-24-34(31)42(37)30-20-12-9-13-21-30/h8-26H,7H2,1-6H3/b28-26+. The van der Waals surface area contributed by atoms with E-state index in [1.54, 1.807) is 0 Å². The van der Waals surface area contributed by atoms with Gasteiger partial charge >= 0.3 is 7.12 Å². The molecule has 0 N–H and O–H groups in total. The third kappa shape index (κ3) is 4.46. The Morgan fingerprint density at radius 2 is 1.30 bits per heavy atom. The maximum Gasteiger partial charge on any atom is 0.490 e. The topological polar surface area (TPSA) is 26.6 Å². The molecule has 44 heavy (non-hydrogen) atoms. The summed E-state index contributed by atoms with van der Waals surface area (Å²) in [5, 5.41) is 1.21. The predicted octanol–water partition coefficient (Wildman–Crippen LogP) is 10.1. The van der Waals surface area contributed by atoms with Crippen LogP contribution in [0.2, 0.25) is 0 Å². The molecule has 2 aliphatic heterocycles. The van der Waals surface area contributed by atoms with Crippen LogP contribution in [0.5, 0.6) is 0 Å². The Balaban J connectivity index is 1.59. The lowest BCUT2D eigenvalue weighted by molar-refractivity contribution is 0.00578. The molecule has 4 aromatic carbocycles. The van der Waals surface area contributed by atoms with Crippen LogP contribution in [0, 0.1) is 0 Å². The van der Waals surface area contributed by atoms with Crippen molar-refractivity contribution in [1.29, 1.82) is 0 Å². The van der Waals surface area contributed by atoms with Crippen molar-refractivity contribution >= 4 is 35.0 Å². The zero-order valence-electron chi connectivity index (χ0n) is 26.5. The minimum absolute atomic E-state index is 0.417. The first-order chi connectivity index (χ1) is 21.2. The molecule has 0 spiro atoms. The van der Waals surface area contributed by atoms with Crippen LogP contribution in [0.4, 0.5) is 11.4 Å². The van der Waals surface area contributed by atoms with E-state index in [0.29, 0.717) is 0 Å². The van der Waals surface area contributed by atoms with Gasteiger partial charge < -0.3 is 18.8 Å². The number of hydrogen-bond acceptors (Lipinski definition) is 3. The summed E-state index contributed by atoms with van der Waals surface area (Å²) >= 11 is 0. The lowest BCUT2D eigenvalue weighted by Crippen LogP contribution is -2.41. The fourth-order valence-electron chi connectivity index (χ4n) is 6.57. The molecule has 0 atom stereocenters. The third-order valence-corrected chi connectivity index (χ3v) is 9.59. The molecule has 7 rings (SSSR count). The van der Waals surface area contributed by atoms with Crippen LogP contribution in [0.1, 0.15) is 53.5 Å². The van der Waals surface area contributed by atoms with Gasteiger partial charge in [0, 0.05) is 39.2 Å². The Bertz CT molecular complexity index is 1900. The molecule has 1 fully saturated rings. The number of rotatable bonds is 5. The zero-order chi connectivity index (χ0) is 30.6. The number of para-hydroxylation sites is 4. The molecule has 0 bridgehead atoms. The summed E-state index contributed by atoms with van der Waals surface area (Å²) in [5.74, 6) is 0. The summed E-state index contributed by atoms with van der Waals surface area (Å²) in [4.78, 5) is 2.41. The molecule has 0 amide bonds. The SMILES string of the molecule is CC/C(=C\C1=C(C)N(c2ccccc2)c2ccccc2-c2c1c1ccccc1n2-c1ccccc1)B1OC(C)(C)C(C)(C)O1. The largest absolute Gasteiger partial charge is 0.490 e. The first-order valence-electron chi connectivity index (χ1n) is 15.6. The van der Waals surface area contributed by atoms with Crippen molar-refractivity contribution in [2.45, 2.75) is 59.2 Å². The van der Waals surface area contributed by atoms with Crippen molar-refractivity contribution in [3.8, 4) is 16.9 Å². The van der Waals surface area contributed by atoms with Crippen LogP contribution in [0.3, 0.4) is 0 Å². The number of hydrogen-bond donors (Lipinski definition) is 0. The van der Waals surface area contributed by atoms with E-state index in [9.17, 15) is 0 Å². The lowest BCUT2D eigenvalue weighted by atomic mass is 9.74. The summed E-state index contributed by atoms with van der Waals surface area (Å²) in [5.41, 5.74) is 10.8. The highest BCUT2D eigenvalue weighted by Crippen LogP contribution is 2.50. The van der Waals surface area contributed by atoms with Crippen molar-refractivity contribution in [2.75, 3.05) is 4.90 Å². The molecular formula is C39H39BN2O2. The van der Waals surface area contributed by atoms with E-state index >= 15 is 0 Å². The smallest absolute Gasteiger partial charge is 0.400 e. The highest BCUT2D eigenvalue weighted by atomic mass is 16.7. The van der Waals surface area contributed by atoms with Crippen LogP contribution < -0.4 is 4.90 Å². The first kappa shape index (κ1) is 28.5. The van der Waals surface area contributed by atoms with Crippen molar-refractivity contribution in [3.05, 3.63) is 132 Å². The van der Waals surface area contributed by atoms with E-state index in [1.807, 2.05) is 0 Å². The van der Waals surface area contributed by atoms with E-state index in [0.717, 1.165) is 40.2 Å². The fourth-order valence-corrected chi connectivity index (χ4v) is 6.57. The first-order valence-corrected chi connectivity index (χ1v) is 15.6. The van der Waals surface area contributed by atoms with Crippen molar-refractivity contribution in [1.82, 2.24) is 4.57 Å². The second-order valence-electron chi connectivity index (χ2n) is 12.8. The van der Waals surface area contributed by atoms with Gasteiger partial charge in [-0.1, -0.05) is 85.8 Å². The predicted molar refractivity (Wildman–Crippen MR) is 184 cm³/mol. The van der Waals surface area contributed by atoms with Gasteiger partial charge in [0.05, 0.1) is 28.1 Å². The second-order valence-corrected chi connectivity index (χ2v) is 12.8. The molecule has 3 heterocycles. The third-order valence-electron chi connectivity index (χ3n) is 9.59. The van der Waals surface area contributed by atoms with Gasteiger partial charge in [-0.3, -0.25) is 0 Å². The van der Waals surface area contributed by atoms with Gasteiger partial charge in [0.1, 0.15) is 0 Å². The van der Waals surface area contributed by atoms with Gasteiger partial charge in [0.2, 0.25) is 0 Å². The van der Waals surface area contributed by atoms with Gasteiger partial charge in [-0.25, -0.2) is 0 Å². The van der Waals surface area contributed by atoms with E-state index < -0.39 is 18.3 Å². The number of allylic oxidation sites excluding steroid dienone is 4. The average molecular weight is 579 g/mol. The fraction of sp³-hybridized carbons (Fsp3) is 0.231. The molecule has 1 aromatic heterocycles. The van der Waals surface area contributed by atoms with Crippen molar-refractivity contribution < 1.29 is 9.31 Å². The number of anilines is 2. The quantitative estimate of drug-likeness (QED) is 0.194. The van der Waals surface area contributed by atoms with E-state index in [2.05, 4.69) is 166 Å². The Hall–Kier alpha value is -4.32. The molecule has 2 aliphatic rings. The van der Waals surface area contributed by atoms with Gasteiger partial charge in [-0.05, 0) is 82.9 Å². The molecule has 5 aromatic rings. The Morgan fingerprint density at radius 3 is 1.95 bits per heavy atom. The minimum atomic E-state index is -0.424. The lowest BCUT2D eigenvalue weighted by Gasteiger charge is -2.32. The molecule has 4 nitrogen and oxygen atoms in total. The average Bonchev–Trinajstić information content (AvgIpc) is 3.44. The normalized spacial score (nSPS) is 17.5. The van der Waals surface area contributed by atoms with Gasteiger partial charge in [-0.2, -0.15) is 0 Å². The summed E-state index contributed by atoms with van der Waals surface area (Å²) in [6.45, 7) is 12.9. The maximum absolute atomic E-state index is 6.62. The molecule has 0 radical (unpaired) electrons. The molecule has 1 saturated heterocycles. The van der Waals surface area contributed by atoms with E-state index in [4.69, 9.17) is 9.31 Å². The highest BCUT2D eigenvalue weighted by molar-refractivity contribution is 6.55. The van der Waals surface area contributed by atoms with E-state index in [1.165, 1.54) is 27.7 Å². The molecule has 220 valence electrons. The van der Waals surface area contributed by atoms with Crippen LogP contribution in [-0.2, 0) is 9.31 Å². The maximum atomic E-state index is 6.62. The highest BCUT2D eigenvalue weighted by Gasteiger charge is 2.52. The summed E-state index contributed by atoms with van der Waals surface area (Å²) < 4.78 is 15.7. The van der Waals surface area contributed by atoms with Crippen molar-refractivity contribution in [2.24, 2.45) is 0 Å². The van der Waals surface area contributed by atoms with Gasteiger partial charge in [0.15, 0.2) is 0 Å². The Kier molecular flexibility index (Phi) is 6.91. The second kappa shape index (κ2) is 10.7. The summed E-state index contributed by atoms with van der Waals surface area (Å²) in [7, 11) is -0.424. The van der Waals surface area contributed by atoms with Crippen LogP contribution in [0.25, 0.3) is 33.4 Å². The Morgan fingerprint density at radius 1 is 0.727 bits per heavy atom. The van der Waals surface area contributed by atoms with Crippen molar-refractivity contribution in [3.63, 3.8) is 0 Å². The molecule has 5 heteroatoms. The van der Waals surface area contributed by atoms with Crippen LogP contribution >= 0.6 is 0 Å². The number of fused-ring (bicyclic) bond motifs is 5. The molecule has 0 saturated carbocycles. The monoisotopic (exact) mass is 578 g/mol. The molecule has 0 aliphatic carbocycles. The van der Waals surface area contributed by atoms with E-state index in [-0.39, 0.29) is 0 Å². The number of benzene rings is 4. The van der Waals surface area contributed by atoms with Gasteiger partial charge in [0.25, 0.3) is 0 Å².